The number of ether oxygens (including phenoxy) is 2. The Morgan fingerprint density at radius 2 is 0.944 bits per heavy atom. The third-order valence-corrected chi connectivity index (χ3v) is 5.81. The number of aryl methyl sites for hydroxylation is 2. The van der Waals surface area contributed by atoms with Gasteiger partial charge in [0, 0.05) is 12.4 Å². The summed E-state index contributed by atoms with van der Waals surface area (Å²) in [5.74, 6) is 1.75. The van der Waals surface area contributed by atoms with E-state index < -0.39 is 0 Å². The summed E-state index contributed by atoms with van der Waals surface area (Å²) in [5.41, 5.74) is 8.59. The van der Waals surface area contributed by atoms with Crippen LogP contribution in [0.25, 0.3) is 11.1 Å². The number of rotatable bonds is 9. The van der Waals surface area contributed by atoms with Crippen molar-refractivity contribution < 1.29 is 9.47 Å². The Balaban J connectivity index is 1.45. The molecule has 0 heterocycles. The molecule has 0 saturated heterocycles. The second kappa shape index (κ2) is 12.0. The zero-order chi connectivity index (χ0) is 25.3. The lowest BCUT2D eigenvalue weighted by Crippen LogP contribution is -1.91. The number of nitrogens with zero attached hydrogens (tertiary/aromatic N) is 2. The quantitative estimate of drug-likeness (QED) is 0.228. The standard InChI is InChI=1S/C32H32N2O2/c1-5-35-29-13-7-25(8-14-29)21-33-31-17-11-27(19-23(31)3)28-12-18-32(24(4)20-28)34-22-26-9-15-30(16-10-26)36-6-2/h7-22H,5-6H2,1-4H3. The van der Waals surface area contributed by atoms with Gasteiger partial charge in [-0.2, -0.15) is 0 Å². The first-order valence-electron chi connectivity index (χ1n) is 12.3. The highest BCUT2D eigenvalue weighted by Crippen LogP contribution is 2.30. The molecule has 0 amide bonds. The zero-order valence-corrected chi connectivity index (χ0v) is 21.4. The topological polar surface area (TPSA) is 43.2 Å². The fourth-order valence-corrected chi connectivity index (χ4v) is 3.88. The molecule has 0 aliphatic carbocycles. The van der Waals surface area contributed by atoms with Gasteiger partial charge in [0.05, 0.1) is 24.6 Å². The van der Waals surface area contributed by atoms with Crippen LogP contribution in [-0.4, -0.2) is 25.6 Å². The van der Waals surface area contributed by atoms with Gasteiger partial charge < -0.3 is 9.47 Å². The summed E-state index contributed by atoms with van der Waals surface area (Å²) in [6, 6.07) is 28.7. The molecule has 0 unspecified atom stereocenters. The van der Waals surface area contributed by atoms with Crippen molar-refractivity contribution in [3.8, 4) is 22.6 Å². The molecule has 4 aromatic rings. The van der Waals surface area contributed by atoms with Gasteiger partial charge in [-0.05, 0) is 134 Å². The van der Waals surface area contributed by atoms with Crippen molar-refractivity contribution in [3.63, 3.8) is 0 Å². The molecule has 0 aliphatic rings. The number of benzene rings is 4. The predicted molar refractivity (Wildman–Crippen MR) is 151 cm³/mol. The van der Waals surface area contributed by atoms with E-state index >= 15 is 0 Å². The largest absolute Gasteiger partial charge is 0.494 e. The molecular formula is C32H32N2O2. The summed E-state index contributed by atoms with van der Waals surface area (Å²) in [6.45, 7) is 9.48. The average molecular weight is 477 g/mol. The molecule has 0 fully saturated rings. The van der Waals surface area contributed by atoms with E-state index in [2.05, 4.69) is 50.2 Å². The molecule has 4 heteroatoms. The van der Waals surface area contributed by atoms with E-state index in [4.69, 9.17) is 19.5 Å². The van der Waals surface area contributed by atoms with Gasteiger partial charge >= 0.3 is 0 Å². The minimum absolute atomic E-state index is 0.665. The molecule has 0 saturated carbocycles. The highest BCUT2D eigenvalue weighted by Gasteiger charge is 2.05. The maximum Gasteiger partial charge on any atom is 0.119 e. The molecule has 0 atom stereocenters. The van der Waals surface area contributed by atoms with E-state index in [1.54, 1.807) is 0 Å². The SMILES string of the molecule is CCOc1ccc(C=Nc2ccc(-c3ccc(N=Cc4ccc(OCC)cc4)c(C)c3)cc2C)cc1. The van der Waals surface area contributed by atoms with E-state index in [1.807, 2.05) is 74.8 Å². The Labute approximate surface area is 214 Å². The molecule has 0 radical (unpaired) electrons. The van der Waals surface area contributed by atoms with Crippen molar-refractivity contribution in [3.05, 3.63) is 107 Å². The van der Waals surface area contributed by atoms with Crippen LogP contribution < -0.4 is 9.47 Å². The van der Waals surface area contributed by atoms with Crippen molar-refractivity contribution in [1.29, 1.82) is 0 Å². The molecule has 0 spiro atoms. The van der Waals surface area contributed by atoms with Gasteiger partial charge in [-0.3, -0.25) is 9.98 Å². The molecule has 36 heavy (non-hydrogen) atoms. The summed E-state index contributed by atoms with van der Waals surface area (Å²) in [7, 11) is 0. The Morgan fingerprint density at radius 1 is 0.556 bits per heavy atom. The van der Waals surface area contributed by atoms with Crippen LogP contribution in [0.5, 0.6) is 11.5 Å². The highest BCUT2D eigenvalue weighted by atomic mass is 16.5. The smallest absolute Gasteiger partial charge is 0.119 e. The van der Waals surface area contributed by atoms with E-state index in [1.165, 1.54) is 0 Å². The van der Waals surface area contributed by atoms with Gasteiger partial charge in [0.1, 0.15) is 11.5 Å². The molecule has 0 N–H and O–H groups in total. The van der Waals surface area contributed by atoms with Crippen LogP contribution in [0.2, 0.25) is 0 Å². The van der Waals surface area contributed by atoms with Crippen molar-refractivity contribution in [1.82, 2.24) is 0 Å². The normalized spacial score (nSPS) is 11.3. The van der Waals surface area contributed by atoms with Gasteiger partial charge in [-0.1, -0.05) is 12.1 Å². The Hall–Kier alpha value is -4.18. The molecule has 4 nitrogen and oxygen atoms in total. The van der Waals surface area contributed by atoms with Crippen LogP contribution in [-0.2, 0) is 0 Å². The summed E-state index contributed by atoms with van der Waals surface area (Å²) in [4.78, 5) is 9.39. The van der Waals surface area contributed by atoms with Crippen LogP contribution in [0.1, 0.15) is 36.1 Å². The summed E-state index contributed by atoms with van der Waals surface area (Å²) in [5, 5.41) is 0. The van der Waals surface area contributed by atoms with Crippen LogP contribution in [0.3, 0.4) is 0 Å². The van der Waals surface area contributed by atoms with Gasteiger partial charge in [-0.15, -0.1) is 0 Å². The molecule has 182 valence electrons. The lowest BCUT2D eigenvalue weighted by Gasteiger charge is -2.08. The Morgan fingerprint density at radius 3 is 1.28 bits per heavy atom. The fraction of sp³-hybridized carbons (Fsp3) is 0.188. The number of hydrogen-bond donors (Lipinski definition) is 0. The van der Waals surface area contributed by atoms with Crippen LogP contribution >= 0.6 is 0 Å². The molecular weight excluding hydrogens is 444 g/mol. The predicted octanol–water partition coefficient (Wildman–Crippen LogP) is 8.27. The van der Waals surface area contributed by atoms with E-state index in [-0.39, 0.29) is 0 Å². The van der Waals surface area contributed by atoms with E-state index in [0.717, 1.165) is 56.3 Å². The third kappa shape index (κ3) is 6.48. The monoisotopic (exact) mass is 476 g/mol. The molecule has 0 aromatic heterocycles. The minimum Gasteiger partial charge on any atom is -0.494 e. The second-order valence-corrected chi connectivity index (χ2v) is 8.52. The third-order valence-electron chi connectivity index (χ3n) is 5.81. The van der Waals surface area contributed by atoms with Crippen molar-refractivity contribution in [2.45, 2.75) is 27.7 Å². The zero-order valence-electron chi connectivity index (χ0n) is 21.4. The second-order valence-electron chi connectivity index (χ2n) is 8.52. The van der Waals surface area contributed by atoms with Gasteiger partial charge in [-0.25, -0.2) is 0 Å². The number of aliphatic imine (C=N–C) groups is 2. The maximum absolute atomic E-state index is 5.50. The van der Waals surface area contributed by atoms with Gasteiger partial charge in [0.2, 0.25) is 0 Å². The lowest BCUT2D eigenvalue weighted by atomic mass is 10.00. The molecule has 4 rings (SSSR count). The molecule has 0 aliphatic heterocycles. The highest BCUT2D eigenvalue weighted by molar-refractivity contribution is 5.84. The van der Waals surface area contributed by atoms with E-state index in [9.17, 15) is 0 Å². The van der Waals surface area contributed by atoms with Crippen LogP contribution in [0, 0.1) is 13.8 Å². The minimum atomic E-state index is 0.665. The molecule has 4 aromatic carbocycles. The van der Waals surface area contributed by atoms with E-state index in [0.29, 0.717) is 13.2 Å². The molecule has 0 bridgehead atoms. The summed E-state index contributed by atoms with van der Waals surface area (Å²) < 4.78 is 11.0. The first-order valence-corrected chi connectivity index (χ1v) is 12.3. The first kappa shape index (κ1) is 24.9. The maximum atomic E-state index is 5.50. The lowest BCUT2D eigenvalue weighted by molar-refractivity contribution is 0.340. The number of hydrogen-bond acceptors (Lipinski definition) is 4. The van der Waals surface area contributed by atoms with Gasteiger partial charge in [0.15, 0.2) is 0 Å². The fourth-order valence-electron chi connectivity index (χ4n) is 3.88. The van der Waals surface area contributed by atoms with Crippen molar-refractivity contribution >= 4 is 23.8 Å². The Kier molecular flexibility index (Phi) is 8.30. The first-order chi connectivity index (χ1) is 17.6. The summed E-state index contributed by atoms with van der Waals surface area (Å²) in [6.07, 6.45) is 3.78. The van der Waals surface area contributed by atoms with Crippen LogP contribution in [0.15, 0.2) is 94.9 Å². The Bertz CT molecular complexity index is 1250. The van der Waals surface area contributed by atoms with Gasteiger partial charge in [0.25, 0.3) is 0 Å². The average Bonchev–Trinajstić information content (AvgIpc) is 2.89. The van der Waals surface area contributed by atoms with Crippen LogP contribution in [0.4, 0.5) is 11.4 Å². The summed E-state index contributed by atoms with van der Waals surface area (Å²) >= 11 is 0. The van der Waals surface area contributed by atoms with Crippen molar-refractivity contribution in [2.75, 3.05) is 13.2 Å². The van der Waals surface area contributed by atoms with Crippen molar-refractivity contribution in [2.24, 2.45) is 9.98 Å².